The summed E-state index contributed by atoms with van der Waals surface area (Å²) in [5, 5.41) is 4.21. The minimum Gasteiger partial charge on any atom is -0.339 e. The van der Waals surface area contributed by atoms with Crippen LogP contribution in [0.5, 0.6) is 0 Å². The maximum Gasteiger partial charge on any atom is 0.231 e. The second-order valence-corrected chi connectivity index (χ2v) is 7.65. The Morgan fingerprint density at radius 3 is 2.79 bits per heavy atom. The predicted molar refractivity (Wildman–Crippen MR) is 99.7 cm³/mol. The molecule has 2 saturated heterocycles. The largest absolute Gasteiger partial charge is 0.339 e. The molecular formula is C22H21F2N3O. The number of aromatic nitrogens is 2. The van der Waals surface area contributed by atoms with Gasteiger partial charge in [-0.05, 0) is 37.4 Å². The Kier molecular flexibility index (Phi) is 4.43. The predicted octanol–water partition coefficient (Wildman–Crippen LogP) is 4.63. The molecule has 0 amide bonds. The zero-order chi connectivity index (χ0) is 19.1. The fourth-order valence-electron chi connectivity index (χ4n) is 4.79. The maximum absolute atomic E-state index is 13.9. The van der Waals surface area contributed by atoms with Crippen molar-refractivity contribution in [1.82, 2.24) is 15.0 Å². The van der Waals surface area contributed by atoms with Gasteiger partial charge in [0.2, 0.25) is 5.89 Å². The highest BCUT2D eigenvalue weighted by Crippen LogP contribution is 2.48. The van der Waals surface area contributed by atoms with Crippen LogP contribution in [0.15, 0.2) is 53.1 Å². The summed E-state index contributed by atoms with van der Waals surface area (Å²) >= 11 is 0. The molecule has 4 nitrogen and oxygen atoms in total. The lowest BCUT2D eigenvalue weighted by atomic mass is 9.94. The van der Waals surface area contributed by atoms with Gasteiger partial charge in [0, 0.05) is 23.6 Å². The van der Waals surface area contributed by atoms with Gasteiger partial charge in [-0.3, -0.25) is 4.90 Å². The number of hydrogen-bond donors (Lipinski definition) is 0. The lowest BCUT2D eigenvalue weighted by Crippen LogP contribution is -2.27. The Hall–Kier alpha value is -2.60. The molecule has 0 aliphatic carbocycles. The van der Waals surface area contributed by atoms with Gasteiger partial charge in [-0.2, -0.15) is 4.98 Å². The first-order chi connectivity index (χ1) is 13.7. The molecule has 0 N–H and O–H groups in total. The van der Waals surface area contributed by atoms with E-state index in [1.54, 1.807) is 6.07 Å². The van der Waals surface area contributed by atoms with Crippen LogP contribution in [-0.4, -0.2) is 27.6 Å². The molecule has 3 atom stereocenters. The van der Waals surface area contributed by atoms with Crippen molar-refractivity contribution in [3.05, 3.63) is 83.0 Å². The third-order valence-electron chi connectivity index (χ3n) is 6.06. The Morgan fingerprint density at radius 2 is 1.93 bits per heavy atom. The van der Waals surface area contributed by atoms with E-state index in [-0.39, 0.29) is 17.9 Å². The molecule has 6 heteroatoms. The number of fused-ring (bicyclic) bond motifs is 1. The molecule has 5 rings (SSSR count). The highest BCUT2D eigenvalue weighted by molar-refractivity contribution is 5.25. The van der Waals surface area contributed by atoms with E-state index in [0.717, 1.165) is 25.5 Å². The molecule has 2 aliphatic heterocycles. The molecule has 144 valence electrons. The van der Waals surface area contributed by atoms with Crippen LogP contribution in [0.1, 0.15) is 54.1 Å². The fourth-order valence-corrected chi connectivity index (χ4v) is 4.79. The van der Waals surface area contributed by atoms with E-state index in [0.29, 0.717) is 23.8 Å². The molecule has 0 saturated carbocycles. The lowest BCUT2D eigenvalue weighted by Gasteiger charge is -2.24. The van der Waals surface area contributed by atoms with E-state index in [2.05, 4.69) is 39.3 Å². The molecule has 28 heavy (non-hydrogen) atoms. The first-order valence-electron chi connectivity index (χ1n) is 9.77. The summed E-state index contributed by atoms with van der Waals surface area (Å²) in [7, 11) is 0. The van der Waals surface area contributed by atoms with Crippen LogP contribution in [0.4, 0.5) is 8.78 Å². The Morgan fingerprint density at radius 1 is 1.07 bits per heavy atom. The van der Waals surface area contributed by atoms with Crippen molar-refractivity contribution >= 4 is 0 Å². The average molecular weight is 381 g/mol. The molecule has 3 aromatic rings. The summed E-state index contributed by atoms with van der Waals surface area (Å²) in [6, 6.07) is 15.5. The van der Waals surface area contributed by atoms with Gasteiger partial charge in [-0.25, -0.2) is 8.78 Å². The molecule has 2 aliphatic rings. The van der Waals surface area contributed by atoms with Crippen LogP contribution in [0.3, 0.4) is 0 Å². The highest BCUT2D eigenvalue weighted by atomic mass is 19.2. The fraction of sp³-hybridized carbons (Fsp3) is 0.364. The van der Waals surface area contributed by atoms with Gasteiger partial charge >= 0.3 is 0 Å². The number of nitrogens with zero attached hydrogens (tertiary/aromatic N) is 3. The monoisotopic (exact) mass is 381 g/mol. The molecule has 1 aromatic heterocycles. The van der Waals surface area contributed by atoms with Crippen LogP contribution < -0.4 is 0 Å². The second kappa shape index (κ2) is 7.09. The summed E-state index contributed by atoms with van der Waals surface area (Å²) in [5.41, 5.74) is 1.55. The van der Waals surface area contributed by atoms with Crippen molar-refractivity contribution in [2.24, 2.45) is 0 Å². The summed E-state index contributed by atoms with van der Waals surface area (Å²) in [4.78, 5) is 7.11. The van der Waals surface area contributed by atoms with E-state index in [1.165, 1.54) is 18.1 Å². The Labute approximate surface area is 162 Å². The van der Waals surface area contributed by atoms with Crippen molar-refractivity contribution in [3.63, 3.8) is 0 Å². The van der Waals surface area contributed by atoms with E-state index < -0.39 is 11.6 Å². The van der Waals surface area contributed by atoms with Crippen molar-refractivity contribution < 1.29 is 13.3 Å². The zero-order valence-corrected chi connectivity index (χ0v) is 15.4. The van der Waals surface area contributed by atoms with Crippen molar-refractivity contribution in [3.8, 4) is 0 Å². The van der Waals surface area contributed by atoms with Gasteiger partial charge < -0.3 is 4.52 Å². The van der Waals surface area contributed by atoms with Gasteiger partial charge in [-0.1, -0.05) is 47.6 Å². The molecule has 0 bridgehead atoms. The minimum absolute atomic E-state index is 0.0970. The molecule has 2 aromatic carbocycles. The molecule has 2 fully saturated rings. The molecule has 0 unspecified atom stereocenters. The van der Waals surface area contributed by atoms with Crippen molar-refractivity contribution in [2.45, 2.75) is 43.7 Å². The number of hydrogen-bond acceptors (Lipinski definition) is 4. The van der Waals surface area contributed by atoms with Crippen LogP contribution in [-0.2, 0) is 6.42 Å². The van der Waals surface area contributed by atoms with E-state index in [4.69, 9.17) is 4.52 Å². The number of benzene rings is 2. The third kappa shape index (κ3) is 3.02. The van der Waals surface area contributed by atoms with E-state index >= 15 is 0 Å². The lowest BCUT2D eigenvalue weighted by molar-refractivity contribution is 0.243. The Balaban J connectivity index is 1.39. The van der Waals surface area contributed by atoms with Crippen molar-refractivity contribution in [2.75, 3.05) is 6.54 Å². The maximum atomic E-state index is 13.9. The Bertz CT molecular complexity index is 975. The summed E-state index contributed by atoms with van der Waals surface area (Å²) in [6.07, 6.45) is 3.34. The highest BCUT2D eigenvalue weighted by Gasteiger charge is 2.46. The second-order valence-electron chi connectivity index (χ2n) is 7.65. The van der Waals surface area contributed by atoms with Gasteiger partial charge in [0.1, 0.15) is 0 Å². The zero-order valence-electron chi connectivity index (χ0n) is 15.4. The average Bonchev–Trinajstić information content (AvgIpc) is 3.43. The molecule has 3 heterocycles. The van der Waals surface area contributed by atoms with Crippen LogP contribution in [0.25, 0.3) is 0 Å². The molecular weight excluding hydrogens is 360 g/mol. The van der Waals surface area contributed by atoms with Gasteiger partial charge in [-0.15, -0.1) is 0 Å². The number of halogens is 2. The van der Waals surface area contributed by atoms with Crippen molar-refractivity contribution in [1.29, 1.82) is 0 Å². The first-order valence-corrected chi connectivity index (χ1v) is 9.77. The van der Waals surface area contributed by atoms with Gasteiger partial charge in [0.05, 0.1) is 6.42 Å². The normalized spacial score (nSPS) is 24.6. The quantitative estimate of drug-likeness (QED) is 0.661. The topological polar surface area (TPSA) is 42.2 Å². The van der Waals surface area contributed by atoms with Crippen LogP contribution >= 0.6 is 0 Å². The summed E-state index contributed by atoms with van der Waals surface area (Å²) < 4.78 is 32.8. The third-order valence-corrected chi connectivity index (χ3v) is 6.06. The first kappa shape index (κ1) is 17.5. The van der Waals surface area contributed by atoms with E-state index in [9.17, 15) is 8.78 Å². The summed E-state index contributed by atoms with van der Waals surface area (Å²) in [6.45, 7) is 1.08. The minimum atomic E-state index is -0.861. The standard InChI is InChI=1S/C22H21F2N3O/c23-17-9-4-8-15(21(17)24)12-20-25-22(26-28-20)16-13-19(14-6-2-1-3-7-14)27-11-5-10-18(16)27/h1-4,6-9,16,18-19H,5,10-13H2/t16-,18+,19-/m1/s1. The molecule has 0 radical (unpaired) electrons. The van der Waals surface area contributed by atoms with E-state index in [1.807, 2.05) is 6.07 Å². The summed E-state index contributed by atoms with van der Waals surface area (Å²) in [5.74, 6) is -0.508. The van der Waals surface area contributed by atoms with Crippen LogP contribution in [0, 0.1) is 11.6 Å². The smallest absolute Gasteiger partial charge is 0.231 e. The molecule has 0 spiro atoms. The van der Waals surface area contributed by atoms with Crippen LogP contribution in [0.2, 0.25) is 0 Å². The SMILES string of the molecule is Fc1cccc(Cc2nc([C@@H]3C[C@H](c4ccccc4)N4CCC[C@@H]34)no2)c1F. The van der Waals surface area contributed by atoms with Gasteiger partial charge in [0.25, 0.3) is 0 Å². The number of rotatable bonds is 4. The van der Waals surface area contributed by atoms with Gasteiger partial charge in [0.15, 0.2) is 17.5 Å².